The first kappa shape index (κ1) is 14.6. The molecule has 1 aromatic carbocycles. The third-order valence-electron chi connectivity index (χ3n) is 2.90. The fraction of sp³-hybridized carbons (Fsp3) is 0.176. The first-order valence-corrected chi connectivity index (χ1v) is 6.87. The van der Waals surface area contributed by atoms with Crippen LogP contribution in [-0.2, 0) is 0 Å². The normalized spacial score (nSPS) is 9.62. The molecule has 0 aliphatic rings. The van der Waals surface area contributed by atoms with Gasteiger partial charge in [-0.15, -0.1) is 0 Å². The molecular formula is C17H16N4. The number of aromatic nitrogens is 3. The zero-order valence-electron chi connectivity index (χ0n) is 12.3. The Bertz CT molecular complexity index is 803. The molecule has 0 bridgehead atoms. The van der Waals surface area contributed by atoms with Crippen molar-refractivity contribution in [2.24, 2.45) is 0 Å². The Labute approximate surface area is 124 Å². The molecule has 104 valence electrons. The largest absolute Gasteiger partial charge is 0.243 e. The summed E-state index contributed by atoms with van der Waals surface area (Å²) in [5.74, 6) is 0. The Morgan fingerprint density at radius 2 is 1.86 bits per heavy atom. The van der Waals surface area contributed by atoms with E-state index in [1.165, 1.54) is 11.9 Å². The molecule has 21 heavy (non-hydrogen) atoms. The predicted octanol–water partition coefficient (Wildman–Crippen LogP) is 3.90. The van der Waals surface area contributed by atoms with Gasteiger partial charge in [0.2, 0.25) is 0 Å². The molecule has 0 atom stereocenters. The molecule has 0 fully saturated rings. The standard InChI is InChI=1S/C15H10N4.C2H6/c1-10-3-2-4-11(7-10)12-5-6-13-15(19-12)14(8-16)18-9-17-13;1-2/h2-7,9H,1H3;1-2H3. The lowest BCUT2D eigenvalue weighted by Gasteiger charge is -2.04. The second kappa shape index (κ2) is 6.58. The predicted molar refractivity (Wildman–Crippen MR) is 83.6 cm³/mol. The van der Waals surface area contributed by atoms with Crippen LogP contribution in [0.25, 0.3) is 22.3 Å². The number of rotatable bonds is 1. The van der Waals surface area contributed by atoms with Gasteiger partial charge in [-0.1, -0.05) is 37.6 Å². The van der Waals surface area contributed by atoms with Gasteiger partial charge in [0.15, 0.2) is 5.69 Å². The molecule has 0 spiro atoms. The molecule has 0 amide bonds. The van der Waals surface area contributed by atoms with E-state index < -0.39 is 0 Å². The number of nitriles is 1. The summed E-state index contributed by atoms with van der Waals surface area (Å²) in [5, 5.41) is 9.06. The lowest BCUT2D eigenvalue weighted by molar-refractivity contribution is 1.17. The van der Waals surface area contributed by atoms with Crippen molar-refractivity contribution >= 4 is 11.0 Å². The molecule has 2 heterocycles. The molecule has 2 aromatic heterocycles. The summed E-state index contributed by atoms with van der Waals surface area (Å²) in [4.78, 5) is 12.6. The van der Waals surface area contributed by atoms with Crippen molar-refractivity contribution in [3.63, 3.8) is 0 Å². The highest BCUT2D eigenvalue weighted by molar-refractivity contribution is 5.81. The SMILES string of the molecule is CC.Cc1cccc(-c2ccc3ncnc(C#N)c3n2)c1. The lowest BCUT2D eigenvalue weighted by atomic mass is 10.1. The molecule has 3 rings (SSSR count). The van der Waals surface area contributed by atoms with Gasteiger partial charge >= 0.3 is 0 Å². The minimum atomic E-state index is 0.305. The van der Waals surface area contributed by atoms with Gasteiger partial charge in [0.25, 0.3) is 0 Å². The number of benzene rings is 1. The van der Waals surface area contributed by atoms with Crippen LogP contribution in [0.4, 0.5) is 0 Å². The first-order valence-electron chi connectivity index (χ1n) is 6.87. The lowest BCUT2D eigenvalue weighted by Crippen LogP contribution is -1.93. The highest BCUT2D eigenvalue weighted by atomic mass is 14.9. The average Bonchev–Trinajstić information content (AvgIpc) is 2.55. The van der Waals surface area contributed by atoms with Crippen LogP contribution in [0.15, 0.2) is 42.7 Å². The second-order valence-corrected chi connectivity index (χ2v) is 4.27. The van der Waals surface area contributed by atoms with E-state index in [4.69, 9.17) is 5.26 Å². The Kier molecular flexibility index (Phi) is 4.57. The van der Waals surface area contributed by atoms with E-state index >= 15 is 0 Å². The van der Waals surface area contributed by atoms with Crippen LogP contribution < -0.4 is 0 Å². The van der Waals surface area contributed by atoms with Gasteiger partial charge in [-0.05, 0) is 25.1 Å². The maximum atomic E-state index is 9.06. The van der Waals surface area contributed by atoms with Crippen molar-refractivity contribution in [3.8, 4) is 17.3 Å². The van der Waals surface area contributed by atoms with Gasteiger partial charge < -0.3 is 0 Å². The highest BCUT2D eigenvalue weighted by Gasteiger charge is 2.07. The number of hydrogen-bond donors (Lipinski definition) is 0. The molecular weight excluding hydrogens is 260 g/mol. The number of fused-ring (bicyclic) bond motifs is 1. The molecule has 0 N–H and O–H groups in total. The van der Waals surface area contributed by atoms with E-state index in [1.54, 1.807) is 0 Å². The zero-order chi connectivity index (χ0) is 15.2. The van der Waals surface area contributed by atoms with Crippen LogP contribution in [-0.4, -0.2) is 15.0 Å². The van der Waals surface area contributed by atoms with E-state index in [-0.39, 0.29) is 0 Å². The van der Waals surface area contributed by atoms with Crippen molar-refractivity contribution in [1.82, 2.24) is 15.0 Å². The van der Waals surface area contributed by atoms with Gasteiger partial charge in [-0.3, -0.25) is 0 Å². The van der Waals surface area contributed by atoms with Crippen LogP contribution in [0.2, 0.25) is 0 Å². The van der Waals surface area contributed by atoms with Crippen LogP contribution in [0.5, 0.6) is 0 Å². The van der Waals surface area contributed by atoms with E-state index in [0.717, 1.165) is 11.3 Å². The monoisotopic (exact) mass is 276 g/mol. The summed E-state index contributed by atoms with van der Waals surface area (Å²) in [6.07, 6.45) is 1.38. The van der Waals surface area contributed by atoms with Crippen LogP contribution in [0.1, 0.15) is 25.1 Å². The Morgan fingerprint density at radius 3 is 2.57 bits per heavy atom. The van der Waals surface area contributed by atoms with Crippen LogP contribution in [0, 0.1) is 18.3 Å². The van der Waals surface area contributed by atoms with E-state index in [1.807, 2.05) is 57.2 Å². The van der Waals surface area contributed by atoms with Crippen molar-refractivity contribution in [1.29, 1.82) is 5.26 Å². The Balaban J connectivity index is 0.000000774. The summed E-state index contributed by atoms with van der Waals surface area (Å²) >= 11 is 0. The molecule has 0 saturated carbocycles. The fourth-order valence-electron chi connectivity index (χ4n) is 1.99. The maximum absolute atomic E-state index is 9.06. The number of hydrogen-bond acceptors (Lipinski definition) is 4. The van der Waals surface area contributed by atoms with Crippen LogP contribution in [0.3, 0.4) is 0 Å². The number of nitrogens with zero attached hydrogens (tertiary/aromatic N) is 4. The van der Waals surface area contributed by atoms with Gasteiger partial charge in [0.1, 0.15) is 17.9 Å². The van der Waals surface area contributed by atoms with Crippen LogP contribution >= 0.6 is 0 Å². The van der Waals surface area contributed by atoms with Crippen molar-refractivity contribution in [2.45, 2.75) is 20.8 Å². The number of pyridine rings is 1. The summed E-state index contributed by atoms with van der Waals surface area (Å²) < 4.78 is 0. The molecule has 0 saturated heterocycles. The molecule has 3 aromatic rings. The van der Waals surface area contributed by atoms with Gasteiger partial charge in [0.05, 0.1) is 11.2 Å². The summed E-state index contributed by atoms with van der Waals surface area (Å²) in [5.41, 5.74) is 4.55. The average molecular weight is 276 g/mol. The van der Waals surface area contributed by atoms with Gasteiger partial charge in [-0.2, -0.15) is 5.26 Å². The molecule has 0 aliphatic heterocycles. The van der Waals surface area contributed by atoms with E-state index in [9.17, 15) is 0 Å². The topological polar surface area (TPSA) is 62.5 Å². The van der Waals surface area contributed by atoms with Gasteiger partial charge in [0, 0.05) is 5.56 Å². The zero-order valence-corrected chi connectivity index (χ0v) is 12.3. The first-order chi connectivity index (χ1) is 10.3. The maximum Gasteiger partial charge on any atom is 0.170 e. The molecule has 4 heteroatoms. The third-order valence-corrected chi connectivity index (χ3v) is 2.90. The van der Waals surface area contributed by atoms with Crippen molar-refractivity contribution < 1.29 is 0 Å². The third kappa shape index (κ3) is 3.03. The van der Waals surface area contributed by atoms with E-state index in [2.05, 4.69) is 21.0 Å². The second-order valence-electron chi connectivity index (χ2n) is 4.27. The molecule has 0 unspecified atom stereocenters. The highest BCUT2D eigenvalue weighted by Crippen LogP contribution is 2.21. The molecule has 0 radical (unpaired) electrons. The minimum Gasteiger partial charge on any atom is -0.243 e. The van der Waals surface area contributed by atoms with Crippen molar-refractivity contribution in [2.75, 3.05) is 0 Å². The quantitative estimate of drug-likeness (QED) is 0.676. The molecule has 0 aliphatic carbocycles. The number of aryl methyl sites for hydroxylation is 1. The summed E-state index contributed by atoms with van der Waals surface area (Å²) in [7, 11) is 0. The van der Waals surface area contributed by atoms with Crippen molar-refractivity contribution in [3.05, 3.63) is 54.0 Å². The Morgan fingerprint density at radius 1 is 1.05 bits per heavy atom. The summed E-state index contributed by atoms with van der Waals surface area (Å²) in [6.45, 7) is 6.04. The van der Waals surface area contributed by atoms with Gasteiger partial charge in [-0.25, -0.2) is 15.0 Å². The minimum absolute atomic E-state index is 0.305. The Hall–Kier alpha value is -2.80. The smallest absolute Gasteiger partial charge is 0.170 e. The van der Waals surface area contributed by atoms with E-state index in [0.29, 0.717) is 16.7 Å². The summed E-state index contributed by atoms with van der Waals surface area (Å²) in [6, 6.07) is 13.9. The fourth-order valence-corrected chi connectivity index (χ4v) is 1.99. The molecule has 4 nitrogen and oxygen atoms in total.